The van der Waals surface area contributed by atoms with Gasteiger partial charge in [0.25, 0.3) is 0 Å². The topological polar surface area (TPSA) is 25.8 Å². The van der Waals surface area contributed by atoms with Gasteiger partial charge in [-0.25, -0.2) is 9.97 Å². The highest BCUT2D eigenvalue weighted by molar-refractivity contribution is 14.1. The fourth-order valence-electron chi connectivity index (χ4n) is 1.40. The molecular weight excluding hydrogens is 307 g/mol. The molecule has 0 saturated heterocycles. The summed E-state index contributed by atoms with van der Waals surface area (Å²) in [5.41, 5.74) is 1.23. The van der Waals surface area contributed by atoms with Crippen LogP contribution in [0.4, 0.5) is 0 Å². The molecule has 2 aromatic rings. The van der Waals surface area contributed by atoms with E-state index in [9.17, 15) is 0 Å². The summed E-state index contributed by atoms with van der Waals surface area (Å²) < 4.78 is 0.836. The molecule has 0 radical (unpaired) electrons. The molecule has 0 aliphatic rings. The number of nitrogens with zero attached hydrogens (tertiary/aromatic N) is 2. The summed E-state index contributed by atoms with van der Waals surface area (Å²) in [6, 6.07) is 2.11. The Hall–Kier alpha value is -0.230. The minimum Gasteiger partial charge on any atom is -0.227 e. The average molecular weight is 318 g/mol. The molecule has 0 aliphatic carbocycles. The van der Waals surface area contributed by atoms with Crippen LogP contribution in [0.2, 0.25) is 0 Å². The monoisotopic (exact) mass is 318 g/mol. The Morgan fingerprint density at radius 3 is 2.64 bits per heavy atom. The zero-order valence-corrected chi connectivity index (χ0v) is 11.3. The quantitative estimate of drug-likeness (QED) is 0.548. The van der Waals surface area contributed by atoms with Gasteiger partial charge in [-0.2, -0.15) is 0 Å². The van der Waals surface area contributed by atoms with Crippen molar-refractivity contribution in [3.8, 4) is 0 Å². The molecule has 0 saturated carbocycles. The lowest BCUT2D eigenvalue weighted by Crippen LogP contribution is -2.15. The van der Waals surface area contributed by atoms with Crippen molar-refractivity contribution >= 4 is 44.1 Å². The van der Waals surface area contributed by atoms with Crippen molar-refractivity contribution in [2.45, 2.75) is 26.2 Å². The van der Waals surface area contributed by atoms with E-state index in [0.29, 0.717) is 0 Å². The lowest BCUT2D eigenvalue weighted by atomic mass is 9.90. The second-order valence-electron chi connectivity index (χ2n) is 4.23. The Bertz CT molecular complexity index is 470. The van der Waals surface area contributed by atoms with Gasteiger partial charge in [0.15, 0.2) is 3.83 Å². The molecule has 74 valence electrons. The maximum atomic E-state index is 4.53. The smallest absolute Gasteiger partial charge is 0.192 e. The van der Waals surface area contributed by atoms with Crippen LogP contribution in [-0.4, -0.2) is 9.97 Å². The molecule has 2 rings (SSSR count). The van der Waals surface area contributed by atoms with Crippen molar-refractivity contribution < 1.29 is 0 Å². The van der Waals surface area contributed by atoms with Crippen molar-refractivity contribution in [1.82, 2.24) is 9.97 Å². The second-order valence-corrected chi connectivity index (χ2v) is 6.09. The lowest BCUT2D eigenvalue weighted by Gasteiger charge is -2.18. The fraction of sp³-hybridized carbons (Fsp3) is 0.400. The first-order valence-corrected chi connectivity index (χ1v) is 6.35. The van der Waals surface area contributed by atoms with Gasteiger partial charge in [0.05, 0.1) is 5.69 Å². The van der Waals surface area contributed by atoms with E-state index in [1.54, 1.807) is 11.3 Å². The van der Waals surface area contributed by atoms with Gasteiger partial charge >= 0.3 is 0 Å². The van der Waals surface area contributed by atoms with E-state index < -0.39 is 0 Å². The molecule has 0 amide bonds. The number of hydrogen-bond donors (Lipinski definition) is 0. The molecule has 2 nitrogen and oxygen atoms in total. The second kappa shape index (κ2) is 3.41. The standard InChI is InChI=1S/C10H11IN2S/c1-10(2,3)7-6-4-5-14-8(6)13-9(11)12-7/h4-5H,1-3H3. The van der Waals surface area contributed by atoms with Crippen LogP contribution in [-0.2, 0) is 5.41 Å². The summed E-state index contributed by atoms with van der Waals surface area (Å²) in [6.45, 7) is 6.55. The molecule has 0 fully saturated rings. The molecular formula is C10H11IN2S. The first kappa shape index (κ1) is 10.3. The fourth-order valence-corrected chi connectivity index (χ4v) is 2.81. The Kier molecular flexibility index (Phi) is 2.51. The van der Waals surface area contributed by atoms with Crippen LogP contribution in [0.3, 0.4) is 0 Å². The summed E-state index contributed by atoms with van der Waals surface area (Å²) in [5.74, 6) is 0. The molecule has 0 N–H and O–H groups in total. The summed E-state index contributed by atoms with van der Waals surface area (Å²) >= 11 is 3.85. The van der Waals surface area contributed by atoms with Crippen molar-refractivity contribution in [2.75, 3.05) is 0 Å². The van der Waals surface area contributed by atoms with Crippen molar-refractivity contribution in [3.63, 3.8) is 0 Å². The van der Waals surface area contributed by atoms with Crippen LogP contribution < -0.4 is 0 Å². The molecule has 14 heavy (non-hydrogen) atoms. The van der Waals surface area contributed by atoms with Gasteiger partial charge in [-0.15, -0.1) is 11.3 Å². The molecule has 0 atom stereocenters. The number of aromatic nitrogens is 2. The normalized spacial score (nSPS) is 12.3. The van der Waals surface area contributed by atoms with E-state index in [2.05, 4.69) is 64.8 Å². The predicted octanol–water partition coefficient (Wildman–Crippen LogP) is 3.59. The first-order valence-electron chi connectivity index (χ1n) is 4.40. The highest BCUT2D eigenvalue weighted by atomic mass is 127. The third kappa shape index (κ3) is 1.77. The predicted molar refractivity (Wildman–Crippen MR) is 68.8 cm³/mol. The van der Waals surface area contributed by atoms with Gasteiger partial charge in [-0.3, -0.25) is 0 Å². The van der Waals surface area contributed by atoms with E-state index in [1.165, 1.54) is 5.39 Å². The van der Waals surface area contributed by atoms with Gasteiger partial charge in [0, 0.05) is 33.4 Å². The number of halogens is 1. The molecule has 0 unspecified atom stereocenters. The average Bonchev–Trinajstić information content (AvgIpc) is 2.47. The third-order valence-electron chi connectivity index (χ3n) is 2.01. The molecule has 0 aromatic carbocycles. The molecule has 0 spiro atoms. The van der Waals surface area contributed by atoms with Gasteiger partial charge in [0.2, 0.25) is 0 Å². The Morgan fingerprint density at radius 1 is 1.29 bits per heavy atom. The number of fused-ring (bicyclic) bond motifs is 1. The number of rotatable bonds is 0. The number of hydrogen-bond acceptors (Lipinski definition) is 3. The lowest BCUT2D eigenvalue weighted by molar-refractivity contribution is 0.572. The van der Waals surface area contributed by atoms with E-state index >= 15 is 0 Å². The van der Waals surface area contributed by atoms with Gasteiger partial charge in [-0.05, 0) is 11.4 Å². The van der Waals surface area contributed by atoms with Crippen LogP contribution in [0.5, 0.6) is 0 Å². The van der Waals surface area contributed by atoms with Crippen molar-refractivity contribution in [2.24, 2.45) is 0 Å². The third-order valence-corrected chi connectivity index (χ3v) is 3.30. The highest BCUT2D eigenvalue weighted by Crippen LogP contribution is 2.30. The molecule has 4 heteroatoms. The summed E-state index contributed by atoms with van der Waals surface area (Å²) in [5, 5.41) is 3.27. The molecule has 0 aliphatic heterocycles. The summed E-state index contributed by atoms with van der Waals surface area (Å²) in [7, 11) is 0. The summed E-state index contributed by atoms with van der Waals surface area (Å²) in [6.07, 6.45) is 0. The van der Waals surface area contributed by atoms with Crippen LogP contribution in [0.15, 0.2) is 11.4 Å². The largest absolute Gasteiger partial charge is 0.227 e. The van der Waals surface area contributed by atoms with Crippen LogP contribution >= 0.6 is 33.9 Å². The first-order chi connectivity index (χ1) is 6.48. The van der Waals surface area contributed by atoms with Crippen molar-refractivity contribution in [1.29, 1.82) is 0 Å². The van der Waals surface area contributed by atoms with Crippen molar-refractivity contribution in [3.05, 3.63) is 21.0 Å². The van der Waals surface area contributed by atoms with E-state index in [4.69, 9.17) is 0 Å². The van der Waals surface area contributed by atoms with E-state index in [1.807, 2.05) is 0 Å². The van der Waals surface area contributed by atoms with Gasteiger partial charge in [-0.1, -0.05) is 20.8 Å². The number of thiophene rings is 1. The molecule has 0 bridgehead atoms. The zero-order valence-electron chi connectivity index (χ0n) is 8.34. The maximum Gasteiger partial charge on any atom is 0.192 e. The summed E-state index contributed by atoms with van der Waals surface area (Å²) in [4.78, 5) is 10.0. The zero-order chi connectivity index (χ0) is 10.3. The SMILES string of the molecule is CC(C)(C)c1nc(I)nc2sccc12. The minimum absolute atomic E-state index is 0.0855. The highest BCUT2D eigenvalue weighted by Gasteiger charge is 2.20. The van der Waals surface area contributed by atoms with Crippen LogP contribution in [0.25, 0.3) is 10.2 Å². The Morgan fingerprint density at radius 2 is 2.00 bits per heavy atom. The maximum absolute atomic E-state index is 4.53. The van der Waals surface area contributed by atoms with E-state index in [0.717, 1.165) is 14.4 Å². The van der Waals surface area contributed by atoms with Gasteiger partial charge in [0.1, 0.15) is 4.83 Å². The van der Waals surface area contributed by atoms with E-state index in [-0.39, 0.29) is 5.41 Å². The molecule has 2 aromatic heterocycles. The molecule has 2 heterocycles. The van der Waals surface area contributed by atoms with Crippen LogP contribution in [0.1, 0.15) is 26.5 Å². The Labute approximate surface area is 101 Å². The van der Waals surface area contributed by atoms with Gasteiger partial charge < -0.3 is 0 Å². The van der Waals surface area contributed by atoms with Crippen LogP contribution in [0, 0.1) is 3.83 Å². The minimum atomic E-state index is 0.0855. The Balaban J connectivity index is 2.80.